The summed E-state index contributed by atoms with van der Waals surface area (Å²) in [5.74, 6) is -0.421. The smallest absolute Gasteiger partial charge is 0.141 e. The van der Waals surface area contributed by atoms with Gasteiger partial charge >= 0.3 is 0 Å². The van der Waals surface area contributed by atoms with Crippen molar-refractivity contribution in [3.05, 3.63) is 24.0 Å². The van der Waals surface area contributed by atoms with Crippen molar-refractivity contribution in [2.24, 2.45) is 0 Å². The van der Waals surface area contributed by atoms with Crippen LogP contribution in [0.1, 0.15) is 12.8 Å². The summed E-state index contributed by atoms with van der Waals surface area (Å²) in [4.78, 5) is 0. The number of rotatable bonds is 2. The van der Waals surface area contributed by atoms with Crippen LogP contribution in [0.3, 0.4) is 0 Å². The molecule has 2 nitrogen and oxygen atoms in total. The molecule has 3 heteroatoms. The van der Waals surface area contributed by atoms with E-state index < -0.39 is 5.82 Å². The Morgan fingerprint density at radius 3 is 2.75 bits per heavy atom. The summed E-state index contributed by atoms with van der Waals surface area (Å²) >= 11 is 0. The summed E-state index contributed by atoms with van der Waals surface area (Å²) in [5.41, 5.74) is 0.624. The zero-order chi connectivity index (χ0) is 8.55. The van der Waals surface area contributed by atoms with Crippen LogP contribution in [0, 0.1) is 5.82 Å². The SMILES string of the molecule is Oc1cc(F)ccc1NC1CC1. The van der Waals surface area contributed by atoms with Crippen LogP contribution in [0.25, 0.3) is 0 Å². The molecule has 1 fully saturated rings. The summed E-state index contributed by atoms with van der Waals surface area (Å²) in [6.07, 6.45) is 2.27. The van der Waals surface area contributed by atoms with Gasteiger partial charge in [0, 0.05) is 12.1 Å². The summed E-state index contributed by atoms with van der Waals surface area (Å²) in [6, 6.07) is 4.49. The van der Waals surface area contributed by atoms with E-state index in [1.165, 1.54) is 6.07 Å². The highest BCUT2D eigenvalue weighted by Crippen LogP contribution is 2.30. The fraction of sp³-hybridized carbons (Fsp3) is 0.333. The Hall–Kier alpha value is -1.25. The van der Waals surface area contributed by atoms with Gasteiger partial charge in [-0.3, -0.25) is 0 Å². The number of benzene rings is 1. The van der Waals surface area contributed by atoms with Gasteiger partial charge in [-0.2, -0.15) is 0 Å². The van der Waals surface area contributed by atoms with E-state index in [2.05, 4.69) is 5.32 Å². The second kappa shape index (κ2) is 2.66. The second-order valence-corrected chi connectivity index (χ2v) is 3.08. The van der Waals surface area contributed by atoms with Crippen molar-refractivity contribution in [2.45, 2.75) is 18.9 Å². The standard InChI is InChI=1S/C9H10FNO/c10-6-1-4-8(9(12)5-6)11-7-2-3-7/h1,4-5,7,11-12H,2-3H2. The van der Waals surface area contributed by atoms with Gasteiger partial charge in [0.25, 0.3) is 0 Å². The zero-order valence-corrected chi connectivity index (χ0v) is 6.55. The van der Waals surface area contributed by atoms with Crippen molar-refractivity contribution in [1.29, 1.82) is 0 Å². The third-order valence-electron chi connectivity index (χ3n) is 1.90. The fourth-order valence-electron chi connectivity index (χ4n) is 1.07. The molecular weight excluding hydrogens is 157 g/mol. The van der Waals surface area contributed by atoms with Gasteiger partial charge in [-0.25, -0.2) is 4.39 Å². The minimum atomic E-state index is -0.408. The predicted molar refractivity (Wildman–Crippen MR) is 44.7 cm³/mol. The number of hydrogen-bond acceptors (Lipinski definition) is 2. The van der Waals surface area contributed by atoms with Gasteiger partial charge < -0.3 is 10.4 Å². The Morgan fingerprint density at radius 2 is 2.17 bits per heavy atom. The minimum Gasteiger partial charge on any atom is -0.506 e. The molecule has 1 aromatic rings. The lowest BCUT2D eigenvalue weighted by Gasteiger charge is -2.05. The molecule has 2 N–H and O–H groups in total. The largest absolute Gasteiger partial charge is 0.506 e. The molecule has 0 aromatic heterocycles. The van der Waals surface area contributed by atoms with E-state index in [4.69, 9.17) is 0 Å². The molecule has 0 heterocycles. The van der Waals surface area contributed by atoms with Gasteiger partial charge in [0.05, 0.1) is 5.69 Å². The Balaban J connectivity index is 2.18. The molecule has 12 heavy (non-hydrogen) atoms. The highest BCUT2D eigenvalue weighted by molar-refractivity contribution is 5.56. The van der Waals surface area contributed by atoms with Crippen molar-refractivity contribution in [1.82, 2.24) is 0 Å². The number of halogens is 1. The lowest BCUT2D eigenvalue weighted by molar-refractivity contribution is 0.471. The van der Waals surface area contributed by atoms with Crippen molar-refractivity contribution in [2.75, 3.05) is 5.32 Å². The van der Waals surface area contributed by atoms with Crippen LogP contribution in [0.2, 0.25) is 0 Å². The zero-order valence-electron chi connectivity index (χ0n) is 6.55. The van der Waals surface area contributed by atoms with E-state index in [0.717, 1.165) is 18.9 Å². The van der Waals surface area contributed by atoms with Crippen molar-refractivity contribution < 1.29 is 9.50 Å². The molecule has 1 aliphatic rings. The predicted octanol–water partition coefficient (Wildman–Crippen LogP) is 2.11. The van der Waals surface area contributed by atoms with E-state index in [1.54, 1.807) is 6.07 Å². The summed E-state index contributed by atoms with van der Waals surface area (Å²) in [5, 5.41) is 12.4. The highest BCUT2D eigenvalue weighted by Gasteiger charge is 2.21. The molecule has 1 saturated carbocycles. The summed E-state index contributed by atoms with van der Waals surface area (Å²) in [7, 11) is 0. The second-order valence-electron chi connectivity index (χ2n) is 3.08. The van der Waals surface area contributed by atoms with Crippen molar-refractivity contribution in [3.8, 4) is 5.75 Å². The first kappa shape index (κ1) is 7.40. The van der Waals surface area contributed by atoms with Gasteiger partial charge in [0.15, 0.2) is 0 Å². The lowest BCUT2D eigenvalue weighted by Crippen LogP contribution is -2.00. The molecule has 0 bridgehead atoms. The van der Waals surface area contributed by atoms with Gasteiger partial charge in [-0.15, -0.1) is 0 Å². The van der Waals surface area contributed by atoms with E-state index >= 15 is 0 Å². The number of anilines is 1. The topological polar surface area (TPSA) is 32.3 Å². The number of hydrogen-bond donors (Lipinski definition) is 2. The van der Waals surface area contributed by atoms with Crippen LogP contribution in [0.5, 0.6) is 5.75 Å². The first-order valence-corrected chi connectivity index (χ1v) is 4.01. The highest BCUT2D eigenvalue weighted by atomic mass is 19.1. The first-order chi connectivity index (χ1) is 5.75. The molecule has 2 rings (SSSR count). The third kappa shape index (κ3) is 1.49. The molecule has 1 aromatic carbocycles. The average Bonchev–Trinajstić information content (AvgIpc) is 2.79. The molecule has 1 aliphatic carbocycles. The third-order valence-corrected chi connectivity index (χ3v) is 1.90. The summed E-state index contributed by atoms with van der Waals surface area (Å²) < 4.78 is 12.5. The Bertz CT molecular complexity index is 297. The Labute approximate surface area is 70.0 Å². The van der Waals surface area contributed by atoms with Gasteiger partial charge in [-0.05, 0) is 25.0 Å². The molecule has 0 atom stereocenters. The Morgan fingerprint density at radius 1 is 1.42 bits per heavy atom. The van der Waals surface area contributed by atoms with Crippen LogP contribution < -0.4 is 5.32 Å². The summed E-state index contributed by atoms with van der Waals surface area (Å²) in [6.45, 7) is 0. The average molecular weight is 167 g/mol. The van der Waals surface area contributed by atoms with Crippen LogP contribution in [0.4, 0.5) is 10.1 Å². The van der Waals surface area contributed by atoms with Crippen LogP contribution >= 0.6 is 0 Å². The van der Waals surface area contributed by atoms with Crippen molar-refractivity contribution in [3.63, 3.8) is 0 Å². The van der Waals surface area contributed by atoms with E-state index in [1.807, 2.05) is 0 Å². The van der Waals surface area contributed by atoms with Crippen LogP contribution in [0.15, 0.2) is 18.2 Å². The van der Waals surface area contributed by atoms with Gasteiger partial charge in [-0.1, -0.05) is 0 Å². The number of aromatic hydroxyl groups is 1. The van der Waals surface area contributed by atoms with Gasteiger partial charge in [0.2, 0.25) is 0 Å². The molecule has 64 valence electrons. The van der Waals surface area contributed by atoms with Crippen molar-refractivity contribution >= 4 is 5.69 Å². The van der Waals surface area contributed by atoms with Gasteiger partial charge in [0.1, 0.15) is 11.6 Å². The number of nitrogens with one attached hydrogen (secondary N) is 1. The molecule has 0 radical (unpaired) electrons. The minimum absolute atomic E-state index is 0.0121. The molecule has 0 saturated heterocycles. The molecule has 0 amide bonds. The maximum absolute atomic E-state index is 12.5. The van der Waals surface area contributed by atoms with Crippen LogP contribution in [-0.4, -0.2) is 11.1 Å². The van der Waals surface area contributed by atoms with E-state index in [-0.39, 0.29) is 5.75 Å². The molecule has 0 spiro atoms. The Kier molecular flexibility index (Phi) is 1.64. The molecular formula is C9H10FNO. The molecule has 0 unspecified atom stereocenters. The van der Waals surface area contributed by atoms with E-state index in [9.17, 15) is 9.50 Å². The first-order valence-electron chi connectivity index (χ1n) is 4.01. The lowest BCUT2D eigenvalue weighted by atomic mass is 10.3. The van der Waals surface area contributed by atoms with E-state index in [0.29, 0.717) is 11.7 Å². The molecule has 0 aliphatic heterocycles. The normalized spacial score (nSPS) is 16.1. The maximum Gasteiger partial charge on any atom is 0.141 e. The van der Waals surface area contributed by atoms with Crippen LogP contribution in [-0.2, 0) is 0 Å². The number of phenolic OH excluding ortho intramolecular Hbond substituents is 1. The monoisotopic (exact) mass is 167 g/mol. The quantitative estimate of drug-likeness (QED) is 0.661. The maximum atomic E-state index is 12.5. The number of phenols is 1. The fourth-order valence-corrected chi connectivity index (χ4v) is 1.07.